The molecule has 1 aromatic heterocycles. The maximum absolute atomic E-state index is 14.4. The highest BCUT2D eigenvalue weighted by Crippen LogP contribution is 2.32. The average Bonchev–Trinajstić information content (AvgIpc) is 3.21. The Labute approximate surface area is 226 Å². The van der Waals surface area contributed by atoms with E-state index in [1.54, 1.807) is 0 Å². The molecule has 1 amide bonds. The molecule has 1 unspecified atom stereocenters. The number of aromatic nitrogens is 1. The number of hydrogen-bond acceptors (Lipinski definition) is 7. The number of halogens is 3. The molecule has 14 heteroatoms. The molecule has 1 saturated heterocycles. The molecular weight excluding hydrogens is 564 g/mol. The highest BCUT2D eigenvalue weighted by Gasteiger charge is 2.29. The zero-order valence-electron chi connectivity index (χ0n) is 19.7. The summed E-state index contributed by atoms with van der Waals surface area (Å²) in [6.07, 6.45) is 0.532. The lowest BCUT2D eigenvalue weighted by Crippen LogP contribution is -2.35. The second kappa shape index (κ2) is 11.7. The molecule has 1 fully saturated rings. The van der Waals surface area contributed by atoms with Crippen LogP contribution < -0.4 is 10.1 Å². The molecule has 0 spiro atoms. The molecule has 2 aromatic carbocycles. The van der Waals surface area contributed by atoms with Gasteiger partial charge in [-0.25, -0.2) is 22.2 Å². The van der Waals surface area contributed by atoms with Crippen molar-refractivity contribution in [1.29, 1.82) is 0 Å². The van der Waals surface area contributed by atoms with Gasteiger partial charge in [0, 0.05) is 24.7 Å². The predicted octanol–water partition coefficient (Wildman–Crippen LogP) is 4.64. The Kier molecular flexibility index (Phi) is 8.61. The van der Waals surface area contributed by atoms with Crippen LogP contribution in [0.5, 0.6) is 5.75 Å². The Morgan fingerprint density at radius 1 is 1.13 bits per heavy atom. The number of rotatable bonds is 9. The molecule has 1 atom stereocenters. The molecule has 0 bridgehead atoms. The second-order valence-electron chi connectivity index (χ2n) is 8.41. The van der Waals surface area contributed by atoms with E-state index in [1.165, 1.54) is 28.6 Å². The van der Waals surface area contributed by atoms with Crippen molar-refractivity contribution >= 4 is 50.0 Å². The third-order valence-corrected chi connectivity index (χ3v) is 8.88. The number of ether oxygens (including phenoxy) is 1. The summed E-state index contributed by atoms with van der Waals surface area (Å²) in [4.78, 5) is 28.2. The minimum Gasteiger partial charge on any atom is -0.481 e. The van der Waals surface area contributed by atoms with Gasteiger partial charge in [-0.1, -0.05) is 41.5 Å². The lowest BCUT2D eigenvalue weighted by Gasteiger charge is -2.26. The van der Waals surface area contributed by atoms with E-state index in [9.17, 15) is 26.8 Å². The van der Waals surface area contributed by atoms with Gasteiger partial charge in [0.05, 0.1) is 17.0 Å². The van der Waals surface area contributed by atoms with Gasteiger partial charge in [0.15, 0.2) is 16.7 Å². The van der Waals surface area contributed by atoms with E-state index in [2.05, 4.69) is 10.3 Å². The van der Waals surface area contributed by atoms with E-state index in [0.29, 0.717) is 19.2 Å². The van der Waals surface area contributed by atoms with E-state index in [0.717, 1.165) is 42.7 Å². The number of nitrogens with one attached hydrogen (secondary N) is 1. The van der Waals surface area contributed by atoms with Crippen molar-refractivity contribution in [2.75, 3.05) is 18.4 Å². The van der Waals surface area contributed by atoms with Crippen LogP contribution in [0.25, 0.3) is 0 Å². The summed E-state index contributed by atoms with van der Waals surface area (Å²) in [5, 5.41) is 11.4. The first-order valence-corrected chi connectivity index (χ1v) is 14.1. The standard InChI is InChI=1S/C24H22ClF2N3O6S2/c25-22-18(13-20(31)32)28-24(37-22)29-23(33)21(36-19-9-6-15(26)12-17(19)27)14-4-7-16(8-5-14)38(34,35)30-10-2-1-3-11-30/h4-9,12,21H,1-3,10-11,13H2,(H,31,32)(H,28,29,33). The lowest BCUT2D eigenvalue weighted by atomic mass is 10.1. The van der Waals surface area contributed by atoms with Gasteiger partial charge in [0.25, 0.3) is 5.91 Å². The van der Waals surface area contributed by atoms with Crippen LogP contribution in [0.4, 0.5) is 13.9 Å². The van der Waals surface area contributed by atoms with Crippen molar-refractivity contribution in [2.24, 2.45) is 0 Å². The van der Waals surface area contributed by atoms with Crippen molar-refractivity contribution in [3.05, 3.63) is 69.7 Å². The number of amides is 1. The molecule has 0 aliphatic carbocycles. The predicted molar refractivity (Wildman–Crippen MR) is 136 cm³/mol. The summed E-state index contributed by atoms with van der Waals surface area (Å²) >= 11 is 6.85. The van der Waals surface area contributed by atoms with Crippen molar-refractivity contribution in [2.45, 2.75) is 36.7 Å². The van der Waals surface area contributed by atoms with E-state index >= 15 is 0 Å². The SMILES string of the molecule is O=C(O)Cc1nc(NC(=O)C(Oc2ccc(F)cc2F)c2ccc(S(=O)(=O)N3CCCCC3)cc2)sc1Cl. The zero-order chi connectivity index (χ0) is 27.4. The number of thiazole rings is 1. The van der Waals surface area contributed by atoms with Crippen LogP contribution in [0, 0.1) is 11.6 Å². The number of aliphatic carboxylic acids is 1. The highest BCUT2D eigenvalue weighted by atomic mass is 35.5. The number of carboxylic acid groups (broad SMARTS) is 1. The van der Waals surface area contributed by atoms with Gasteiger partial charge in [-0.05, 0) is 37.1 Å². The van der Waals surface area contributed by atoms with Gasteiger partial charge in [-0.3, -0.25) is 14.9 Å². The molecule has 0 radical (unpaired) electrons. The Balaban J connectivity index is 1.62. The zero-order valence-corrected chi connectivity index (χ0v) is 22.1. The number of carbonyl (C=O) groups is 2. The first-order chi connectivity index (χ1) is 18.0. The third kappa shape index (κ3) is 6.46. The third-order valence-electron chi connectivity index (χ3n) is 5.71. The number of benzene rings is 2. The van der Waals surface area contributed by atoms with Gasteiger partial charge in [-0.2, -0.15) is 4.31 Å². The van der Waals surface area contributed by atoms with E-state index < -0.39 is 51.8 Å². The van der Waals surface area contributed by atoms with Crippen LogP contribution >= 0.6 is 22.9 Å². The monoisotopic (exact) mass is 585 g/mol. The molecule has 202 valence electrons. The van der Waals surface area contributed by atoms with E-state index in [1.807, 2.05) is 0 Å². The normalized spacial score (nSPS) is 15.1. The first kappa shape index (κ1) is 27.9. The van der Waals surface area contributed by atoms with Crippen molar-refractivity contribution in [1.82, 2.24) is 9.29 Å². The summed E-state index contributed by atoms with van der Waals surface area (Å²) in [5.74, 6) is -4.30. The van der Waals surface area contributed by atoms with Crippen LogP contribution in [0.15, 0.2) is 47.4 Å². The Morgan fingerprint density at radius 3 is 2.45 bits per heavy atom. The summed E-state index contributed by atoms with van der Waals surface area (Å²) in [7, 11) is -3.74. The molecule has 9 nitrogen and oxygen atoms in total. The second-order valence-corrected chi connectivity index (χ2v) is 11.9. The fourth-order valence-electron chi connectivity index (χ4n) is 3.85. The molecule has 38 heavy (non-hydrogen) atoms. The number of carbonyl (C=O) groups excluding carboxylic acids is 1. The average molecular weight is 586 g/mol. The van der Waals surface area contributed by atoms with E-state index in [-0.39, 0.29) is 25.6 Å². The van der Waals surface area contributed by atoms with Crippen LogP contribution in [0.1, 0.15) is 36.6 Å². The molecule has 1 aliphatic rings. The molecule has 4 rings (SSSR count). The number of nitrogens with zero attached hydrogens (tertiary/aromatic N) is 2. The summed E-state index contributed by atoms with van der Waals surface area (Å²) in [6.45, 7) is 0.838. The number of carboxylic acids is 1. The van der Waals surface area contributed by atoms with Gasteiger partial charge >= 0.3 is 5.97 Å². The molecular formula is C24H22ClF2N3O6S2. The van der Waals surface area contributed by atoms with Crippen LogP contribution in [-0.2, 0) is 26.0 Å². The quantitative estimate of drug-likeness (QED) is 0.375. The first-order valence-electron chi connectivity index (χ1n) is 11.4. The summed E-state index contributed by atoms with van der Waals surface area (Å²) in [6, 6.07) is 7.97. The van der Waals surface area contributed by atoms with Crippen LogP contribution in [0.3, 0.4) is 0 Å². The Hall–Kier alpha value is -3.13. The van der Waals surface area contributed by atoms with Gasteiger partial charge < -0.3 is 9.84 Å². The number of hydrogen-bond donors (Lipinski definition) is 2. The topological polar surface area (TPSA) is 126 Å². The molecule has 2 heterocycles. The van der Waals surface area contributed by atoms with Crippen LogP contribution in [0.2, 0.25) is 4.34 Å². The molecule has 1 aliphatic heterocycles. The van der Waals surface area contributed by atoms with Crippen molar-refractivity contribution in [3.8, 4) is 5.75 Å². The fourth-order valence-corrected chi connectivity index (χ4v) is 6.41. The fraction of sp³-hybridized carbons (Fsp3) is 0.292. The smallest absolute Gasteiger partial charge is 0.309 e. The van der Waals surface area contributed by atoms with Crippen molar-refractivity contribution in [3.63, 3.8) is 0 Å². The van der Waals surface area contributed by atoms with Crippen LogP contribution in [-0.4, -0.2) is 47.8 Å². The molecule has 2 N–H and O–H groups in total. The highest BCUT2D eigenvalue weighted by molar-refractivity contribution is 7.89. The van der Waals surface area contributed by atoms with Gasteiger partial charge in [0.2, 0.25) is 16.1 Å². The molecule has 3 aromatic rings. The maximum atomic E-state index is 14.4. The van der Waals surface area contributed by atoms with Gasteiger partial charge in [-0.15, -0.1) is 0 Å². The summed E-state index contributed by atoms with van der Waals surface area (Å²) in [5.41, 5.74) is 0.228. The summed E-state index contributed by atoms with van der Waals surface area (Å²) < 4.78 is 60.8. The minimum absolute atomic E-state index is 0.0197. The Morgan fingerprint density at radius 2 is 1.82 bits per heavy atom. The van der Waals surface area contributed by atoms with Gasteiger partial charge in [0.1, 0.15) is 10.2 Å². The molecule has 0 saturated carbocycles. The number of piperidine rings is 1. The van der Waals surface area contributed by atoms with Crippen molar-refractivity contribution < 1.29 is 36.6 Å². The number of anilines is 1. The Bertz CT molecular complexity index is 1440. The minimum atomic E-state index is -3.74. The van der Waals surface area contributed by atoms with E-state index in [4.69, 9.17) is 21.4 Å². The maximum Gasteiger partial charge on any atom is 0.309 e. The number of sulfonamides is 1. The largest absolute Gasteiger partial charge is 0.481 e. The lowest BCUT2D eigenvalue weighted by molar-refractivity contribution is -0.136.